The first kappa shape index (κ1) is 14.1. The molecule has 1 fully saturated rings. The Kier molecular flexibility index (Phi) is 3.63. The van der Waals surface area contributed by atoms with Gasteiger partial charge in [0.25, 0.3) is 0 Å². The zero-order valence-electron chi connectivity index (χ0n) is 12.8. The molecule has 118 valence electrons. The maximum Gasteiger partial charge on any atom is 0.241 e. The molecule has 0 saturated carbocycles. The van der Waals surface area contributed by atoms with Crippen molar-refractivity contribution in [2.75, 3.05) is 6.54 Å². The quantitative estimate of drug-likeness (QED) is 0.732. The maximum absolute atomic E-state index is 5.42. The normalized spacial score (nSPS) is 18.6. The zero-order chi connectivity index (χ0) is 15.6. The van der Waals surface area contributed by atoms with Crippen LogP contribution < -0.4 is 0 Å². The number of pyridine rings is 1. The van der Waals surface area contributed by atoms with Crippen molar-refractivity contribution >= 4 is 0 Å². The predicted molar refractivity (Wildman–Crippen MR) is 81.2 cm³/mol. The smallest absolute Gasteiger partial charge is 0.241 e. The lowest BCUT2D eigenvalue weighted by Crippen LogP contribution is -2.22. The van der Waals surface area contributed by atoms with Crippen LogP contribution in [0.25, 0.3) is 11.5 Å². The highest BCUT2D eigenvalue weighted by atomic mass is 16.5. The van der Waals surface area contributed by atoms with E-state index in [4.69, 9.17) is 9.05 Å². The molecule has 4 heterocycles. The number of aromatic nitrogens is 4. The third-order valence-corrected chi connectivity index (χ3v) is 4.04. The lowest BCUT2D eigenvalue weighted by molar-refractivity contribution is 0.183. The Morgan fingerprint density at radius 1 is 1.26 bits per heavy atom. The summed E-state index contributed by atoms with van der Waals surface area (Å²) in [5.74, 6) is 2.02. The van der Waals surface area contributed by atoms with Crippen LogP contribution in [-0.2, 0) is 6.54 Å². The first-order valence-electron chi connectivity index (χ1n) is 7.71. The average molecular weight is 311 g/mol. The lowest BCUT2D eigenvalue weighted by Gasteiger charge is -2.19. The van der Waals surface area contributed by atoms with E-state index in [2.05, 4.69) is 25.2 Å². The molecule has 1 saturated heterocycles. The highest BCUT2D eigenvalue weighted by Gasteiger charge is 2.30. The zero-order valence-corrected chi connectivity index (χ0v) is 12.8. The molecule has 3 aromatic rings. The van der Waals surface area contributed by atoms with Crippen molar-refractivity contribution < 1.29 is 9.05 Å². The molecule has 0 aliphatic carbocycles. The van der Waals surface area contributed by atoms with Crippen molar-refractivity contribution in [3.05, 3.63) is 47.8 Å². The van der Waals surface area contributed by atoms with Crippen LogP contribution >= 0.6 is 0 Å². The molecule has 0 N–H and O–H groups in total. The van der Waals surface area contributed by atoms with E-state index in [0.717, 1.165) is 30.8 Å². The number of hydrogen-bond acceptors (Lipinski definition) is 7. The topological polar surface area (TPSA) is 81.1 Å². The molecule has 0 amide bonds. The number of hydrogen-bond donors (Lipinski definition) is 0. The lowest BCUT2D eigenvalue weighted by atomic mass is 10.1. The van der Waals surface area contributed by atoms with Crippen molar-refractivity contribution in [1.29, 1.82) is 0 Å². The van der Waals surface area contributed by atoms with E-state index in [9.17, 15) is 0 Å². The predicted octanol–water partition coefficient (Wildman–Crippen LogP) is 2.77. The Balaban J connectivity index is 1.50. The fourth-order valence-electron chi connectivity index (χ4n) is 2.97. The summed E-state index contributed by atoms with van der Waals surface area (Å²) in [6, 6.07) is 7.85. The molecule has 0 spiro atoms. The van der Waals surface area contributed by atoms with Gasteiger partial charge in [0.2, 0.25) is 11.7 Å². The van der Waals surface area contributed by atoms with E-state index >= 15 is 0 Å². The Morgan fingerprint density at radius 3 is 3.00 bits per heavy atom. The Bertz CT molecular complexity index is 783. The number of rotatable bonds is 4. The van der Waals surface area contributed by atoms with Crippen LogP contribution in [0.4, 0.5) is 0 Å². The van der Waals surface area contributed by atoms with Gasteiger partial charge in [0.15, 0.2) is 5.76 Å². The second-order valence-corrected chi connectivity index (χ2v) is 5.73. The minimum absolute atomic E-state index is 0.224. The largest absolute Gasteiger partial charge is 0.359 e. The molecular formula is C16H17N5O2. The van der Waals surface area contributed by atoms with Crippen molar-refractivity contribution in [3.8, 4) is 11.5 Å². The first-order valence-corrected chi connectivity index (χ1v) is 7.71. The highest BCUT2D eigenvalue weighted by molar-refractivity contribution is 5.46. The second kappa shape index (κ2) is 5.92. The van der Waals surface area contributed by atoms with E-state index in [1.165, 1.54) is 0 Å². The standard InChI is InChI=1S/C16H17N5O2/c1-11-9-14(22-19-11)13-6-4-8-21(13)10-15-18-16(20-23-15)12-5-2-3-7-17-12/h2-3,5,7,9,13H,4,6,8,10H2,1H3. The number of likely N-dealkylation sites (tertiary alicyclic amines) is 1. The van der Waals surface area contributed by atoms with Crippen LogP contribution in [0.2, 0.25) is 0 Å². The summed E-state index contributed by atoms with van der Waals surface area (Å²) >= 11 is 0. The van der Waals surface area contributed by atoms with Gasteiger partial charge < -0.3 is 9.05 Å². The van der Waals surface area contributed by atoms with Gasteiger partial charge in [0.1, 0.15) is 5.69 Å². The molecule has 1 unspecified atom stereocenters. The van der Waals surface area contributed by atoms with Gasteiger partial charge in [0.05, 0.1) is 18.3 Å². The molecule has 3 aromatic heterocycles. The molecule has 0 aromatic carbocycles. The summed E-state index contributed by atoms with van der Waals surface area (Å²) in [5.41, 5.74) is 1.62. The fraction of sp³-hybridized carbons (Fsp3) is 0.375. The van der Waals surface area contributed by atoms with E-state index in [-0.39, 0.29) is 6.04 Å². The van der Waals surface area contributed by atoms with Crippen molar-refractivity contribution in [1.82, 2.24) is 25.2 Å². The molecule has 7 heteroatoms. The van der Waals surface area contributed by atoms with Gasteiger partial charge in [-0.05, 0) is 38.4 Å². The van der Waals surface area contributed by atoms with Gasteiger partial charge in [-0.15, -0.1) is 0 Å². The summed E-state index contributed by atoms with van der Waals surface area (Å²) < 4.78 is 10.8. The van der Waals surface area contributed by atoms with E-state index in [1.54, 1.807) is 6.20 Å². The molecule has 1 atom stereocenters. The van der Waals surface area contributed by atoms with Crippen LogP contribution in [0.3, 0.4) is 0 Å². The third kappa shape index (κ3) is 2.87. The summed E-state index contributed by atoms with van der Waals surface area (Å²) in [4.78, 5) is 11.0. The average Bonchev–Trinajstić information content (AvgIpc) is 3.29. The molecule has 7 nitrogen and oxygen atoms in total. The minimum Gasteiger partial charge on any atom is -0.359 e. The minimum atomic E-state index is 0.224. The summed E-state index contributed by atoms with van der Waals surface area (Å²) in [6.07, 6.45) is 3.88. The van der Waals surface area contributed by atoms with Crippen LogP contribution in [0.1, 0.15) is 36.2 Å². The van der Waals surface area contributed by atoms with E-state index in [0.29, 0.717) is 24.0 Å². The van der Waals surface area contributed by atoms with Crippen molar-refractivity contribution in [2.45, 2.75) is 32.4 Å². The van der Waals surface area contributed by atoms with Gasteiger partial charge >= 0.3 is 0 Å². The van der Waals surface area contributed by atoms with Gasteiger partial charge in [-0.1, -0.05) is 16.4 Å². The monoisotopic (exact) mass is 311 g/mol. The third-order valence-electron chi connectivity index (χ3n) is 4.04. The van der Waals surface area contributed by atoms with Crippen LogP contribution in [0, 0.1) is 6.92 Å². The maximum atomic E-state index is 5.42. The highest BCUT2D eigenvalue weighted by Crippen LogP contribution is 2.33. The van der Waals surface area contributed by atoms with Crippen LogP contribution in [0.5, 0.6) is 0 Å². The number of aryl methyl sites for hydroxylation is 1. The van der Waals surface area contributed by atoms with Crippen LogP contribution in [-0.4, -0.2) is 31.7 Å². The molecule has 0 radical (unpaired) electrons. The second-order valence-electron chi connectivity index (χ2n) is 5.73. The molecule has 1 aliphatic rings. The van der Waals surface area contributed by atoms with Crippen molar-refractivity contribution in [3.63, 3.8) is 0 Å². The number of nitrogens with zero attached hydrogens (tertiary/aromatic N) is 5. The molecular weight excluding hydrogens is 294 g/mol. The fourth-order valence-corrected chi connectivity index (χ4v) is 2.97. The molecule has 1 aliphatic heterocycles. The van der Waals surface area contributed by atoms with Gasteiger partial charge in [-0.3, -0.25) is 9.88 Å². The Morgan fingerprint density at radius 2 is 2.22 bits per heavy atom. The summed E-state index contributed by atoms with van der Waals surface area (Å²) in [5, 5.41) is 8.00. The molecule has 0 bridgehead atoms. The molecule has 23 heavy (non-hydrogen) atoms. The van der Waals surface area contributed by atoms with Gasteiger partial charge in [-0.2, -0.15) is 4.98 Å². The van der Waals surface area contributed by atoms with E-state index < -0.39 is 0 Å². The molecule has 4 rings (SSSR count). The van der Waals surface area contributed by atoms with Crippen LogP contribution in [0.15, 0.2) is 39.5 Å². The Hall–Kier alpha value is -2.54. The summed E-state index contributed by atoms with van der Waals surface area (Å²) in [7, 11) is 0. The summed E-state index contributed by atoms with van der Waals surface area (Å²) in [6.45, 7) is 3.51. The van der Waals surface area contributed by atoms with E-state index in [1.807, 2.05) is 31.2 Å². The van der Waals surface area contributed by atoms with Gasteiger partial charge in [0, 0.05) is 12.3 Å². The van der Waals surface area contributed by atoms with Gasteiger partial charge in [-0.25, -0.2) is 0 Å². The van der Waals surface area contributed by atoms with Crippen molar-refractivity contribution in [2.24, 2.45) is 0 Å². The Labute approximate surface area is 133 Å². The SMILES string of the molecule is Cc1cc(C2CCCN2Cc2nc(-c3ccccn3)no2)on1. The first-order chi connectivity index (χ1) is 11.3.